The Balaban J connectivity index is 2.82. The van der Waals surface area contributed by atoms with Crippen LogP contribution in [0.1, 0.15) is 24.2 Å². The molecule has 17 heavy (non-hydrogen) atoms. The number of aromatic nitrogens is 1. The highest BCUT2D eigenvalue weighted by molar-refractivity contribution is 5.86. The molecule has 5 heteroatoms. The molecule has 0 aliphatic heterocycles. The van der Waals surface area contributed by atoms with Crippen molar-refractivity contribution >= 4 is 5.97 Å². The molecule has 0 spiro atoms. The van der Waals surface area contributed by atoms with Crippen LogP contribution in [0.3, 0.4) is 0 Å². The third-order valence-corrected chi connectivity index (χ3v) is 2.80. The first-order chi connectivity index (χ1) is 8.10. The van der Waals surface area contributed by atoms with Crippen molar-refractivity contribution in [3.05, 3.63) is 34.2 Å². The predicted octanol–water partition coefficient (Wildman–Crippen LogP) is 0.888. The standard InChI is InChI=1S/C12H18N2O3/c1-3-13(4-2)8-9-14-7-5-6-10(11(14)15)12(16)17/h5-7H,3-4,8-9H2,1-2H3,(H,16,17). The monoisotopic (exact) mass is 238 g/mol. The Kier molecular flexibility index (Phi) is 4.90. The van der Waals surface area contributed by atoms with Gasteiger partial charge in [-0.05, 0) is 25.2 Å². The van der Waals surface area contributed by atoms with Crippen molar-refractivity contribution in [2.45, 2.75) is 20.4 Å². The Morgan fingerprint density at radius 3 is 2.59 bits per heavy atom. The lowest BCUT2D eigenvalue weighted by Gasteiger charge is -2.18. The lowest BCUT2D eigenvalue weighted by molar-refractivity contribution is 0.0694. The average Bonchev–Trinajstić information content (AvgIpc) is 2.32. The molecule has 0 saturated heterocycles. The van der Waals surface area contributed by atoms with Gasteiger partial charge in [0, 0.05) is 19.3 Å². The van der Waals surface area contributed by atoms with Gasteiger partial charge in [0.1, 0.15) is 5.56 Å². The largest absolute Gasteiger partial charge is 0.477 e. The van der Waals surface area contributed by atoms with E-state index in [9.17, 15) is 9.59 Å². The number of carboxylic acids is 1. The smallest absolute Gasteiger partial charge is 0.341 e. The normalized spacial score (nSPS) is 10.8. The quantitative estimate of drug-likeness (QED) is 0.799. The molecule has 1 aromatic heterocycles. The van der Waals surface area contributed by atoms with Gasteiger partial charge >= 0.3 is 5.97 Å². The second-order valence-electron chi connectivity index (χ2n) is 3.75. The van der Waals surface area contributed by atoms with E-state index in [0.717, 1.165) is 19.6 Å². The van der Waals surface area contributed by atoms with Crippen LogP contribution < -0.4 is 5.56 Å². The Labute approximate surface area is 100 Å². The number of hydrogen-bond donors (Lipinski definition) is 1. The molecule has 5 nitrogen and oxygen atoms in total. The lowest BCUT2D eigenvalue weighted by atomic mass is 10.3. The number of pyridine rings is 1. The van der Waals surface area contributed by atoms with E-state index in [1.807, 2.05) is 0 Å². The van der Waals surface area contributed by atoms with Gasteiger partial charge in [-0.1, -0.05) is 13.8 Å². The highest BCUT2D eigenvalue weighted by Gasteiger charge is 2.10. The molecule has 0 fully saturated rings. The summed E-state index contributed by atoms with van der Waals surface area (Å²) in [6.45, 7) is 7.21. The first-order valence-electron chi connectivity index (χ1n) is 5.75. The van der Waals surface area contributed by atoms with Gasteiger partial charge in [0.25, 0.3) is 5.56 Å². The maximum absolute atomic E-state index is 11.8. The van der Waals surface area contributed by atoms with Crippen LogP contribution in [0.5, 0.6) is 0 Å². The van der Waals surface area contributed by atoms with Crippen LogP contribution in [0.2, 0.25) is 0 Å². The average molecular weight is 238 g/mol. The van der Waals surface area contributed by atoms with Gasteiger partial charge < -0.3 is 14.6 Å². The molecule has 0 atom stereocenters. The molecule has 1 N–H and O–H groups in total. The molecule has 1 rings (SSSR count). The fourth-order valence-corrected chi connectivity index (χ4v) is 1.66. The number of rotatable bonds is 6. The second-order valence-corrected chi connectivity index (χ2v) is 3.75. The number of carbonyl (C=O) groups is 1. The Morgan fingerprint density at radius 2 is 2.06 bits per heavy atom. The Bertz CT molecular complexity index is 436. The van der Waals surface area contributed by atoms with E-state index in [4.69, 9.17) is 5.11 Å². The topological polar surface area (TPSA) is 62.5 Å². The third-order valence-electron chi connectivity index (χ3n) is 2.80. The van der Waals surface area contributed by atoms with E-state index in [2.05, 4.69) is 18.7 Å². The van der Waals surface area contributed by atoms with Crippen molar-refractivity contribution in [1.29, 1.82) is 0 Å². The van der Waals surface area contributed by atoms with Crippen LogP contribution >= 0.6 is 0 Å². The van der Waals surface area contributed by atoms with E-state index in [1.54, 1.807) is 12.3 Å². The van der Waals surface area contributed by atoms with Crippen LogP contribution in [-0.2, 0) is 6.54 Å². The maximum Gasteiger partial charge on any atom is 0.341 e. The van der Waals surface area contributed by atoms with Crippen LogP contribution in [0.15, 0.2) is 23.1 Å². The van der Waals surface area contributed by atoms with E-state index >= 15 is 0 Å². The molecule has 0 bridgehead atoms. The minimum Gasteiger partial charge on any atom is -0.477 e. The van der Waals surface area contributed by atoms with Crippen molar-refractivity contribution in [3.8, 4) is 0 Å². The number of likely N-dealkylation sites (N-methyl/N-ethyl adjacent to an activating group) is 1. The number of nitrogens with zero attached hydrogens (tertiary/aromatic N) is 2. The minimum atomic E-state index is -1.17. The molecular formula is C12H18N2O3. The molecule has 0 saturated carbocycles. The minimum absolute atomic E-state index is 0.174. The predicted molar refractivity (Wildman–Crippen MR) is 65.4 cm³/mol. The Morgan fingerprint density at radius 1 is 1.41 bits per heavy atom. The zero-order valence-corrected chi connectivity index (χ0v) is 10.2. The van der Waals surface area contributed by atoms with Crippen LogP contribution in [-0.4, -0.2) is 40.2 Å². The van der Waals surface area contributed by atoms with Gasteiger partial charge in [0.2, 0.25) is 0 Å². The first kappa shape index (κ1) is 13.4. The van der Waals surface area contributed by atoms with Crippen molar-refractivity contribution in [3.63, 3.8) is 0 Å². The summed E-state index contributed by atoms with van der Waals surface area (Å²) in [6.07, 6.45) is 1.62. The van der Waals surface area contributed by atoms with E-state index in [-0.39, 0.29) is 5.56 Å². The van der Waals surface area contributed by atoms with Gasteiger partial charge in [0.15, 0.2) is 0 Å². The summed E-state index contributed by atoms with van der Waals surface area (Å²) in [5.74, 6) is -1.17. The molecule has 94 valence electrons. The van der Waals surface area contributed by atoms with E-state index < -0.39 is 11.5 Å². The summed E-state index contributed by atoms with van der Waals surface area (Å²) in [4.78, 5) is 24.7. The molecule has 0 amide bonds. The SMILES string of the molecule is CCN(CC)CCn1cccc(C(=O)O)c1=O. The highest BCUT2D eigenvalue weighted by atomic mass is 16.4. The van der Waals surface area contributed by atoms with Crippen LogP contribution in [0, 0.1) is 0 Å². The van der Waals surface area contributed by atoms with Gasteiger partial charge in [-0.3, -0.25) is 4.79 Å². The second kappa shape index (κ2) is 6.20. The van der Waals surface area contributed by atoms with Crippen molar-refractivity contribution in [2.75, 3.05) is 19.6 Å². The maximum atomic E-state index is 11.8. The Hall–Kier alpha value is -1.62. The fraction of sp³-hybridized carbons (Fsp3) is 0.500. The van der Waals surface area contributed by atoms with Crippen molar-refractivity contribution in [2.24, 2.45) is 0 Å². The number of hydrogen-bond acceptors (Lipinski definition) is 3. The molecule has 0 unspecified atom stereocenters. The van der Waals surface area contributed by atoms with E-state index in [1.165, 1.54) is 10.6 Å². The van der Waals surface area contributed by atoms with Crippen LogP contribution in [0.4, 0.5) is 0 Å². The summed E-state index contributed by atoms with van der Waals surface area (Å²) < 4.78 is 1.45. The first-order valence-corrected chi connectivity index (χ1v) is 5.75. The van der Waals surface area contributed by atoms with Crippen molar-refractivity contribution < 1.29 is 9.90 Å². The van der Waals surface area contributed by atoms with E-state index in [0.29, 0.717) is 6.54 Å². The third kappa shape index (κ3) is 3.42. The molecular weight excluding hydrogens is 220 g/mol. The lowest BCUT2D eigenvalue weighted by Crippen LogP contribution is -2.32. The summed E-state index contributed by atoms with van der Waals surface area (Å²) in [5.41, 5.74) is -0.612. The molecule has 0 aliphatic rings. The zero-order valence-electron chi connectivity index (χ0n) is 10.2. The van der Waals surface area contributed by atoms with Gasteiger partial charge in [-0.15, -0.1) is 0 Å². The van der Waals surface area contributed by atoms with Crippen LogP contribution in [0.25, 0.3) is 0 Å². The number of aromatic carboxylic acids is 1. The van der Waals surface area contributed by atoms with Gasteiger partial charge in [0.05, 0.1) is 0 Å². The molecule has 1 heterocycles. The zero-order chi connectivity index (χ0) is 12.8. The number of carboxylic acid groups (broad SMARTS) is 1. The summed E-state index contributed by atoms with van der Waals surface area (Å²) >= 11 is 0. The summed E-state index contributed by atoms with van der Waals surface area (Å²) in [5, 5.41) is 8.84. The van der Waals surface area contributed by atoms with Gasteiger partial charge in [-0.25, -0.2) is 4.79 Å². The fourth-order valence-electron chi connectivity index (χ4n) is 1.66. The molecule has 0 radical (unpaired) electrons. The molecule has 0 aliphatic carbocycles. The summed E-state index contributed by atoms with van der Waals surface area (Å²) in [6, 6.07) is 2.92. The molecule has 1 aromatic rings. The molecule has 0 aromatic carbocycles. The highest BCUT2D eigenvalue weighted by Crippen LogP contribution is 1.94. The summed E-state index contributed by atoms with van der Waals surface area (Å²) in [7, 11) is 0. The van der Waals surface area contributed by atoms with Gasteiger partial charge in [-0.2, -0.15) is 0 Å². The van der Waals surface area contributed by atoms with Crippen molar-refractivity contribution in [1.82, 2.24) is 9.47 Å².